The van der Waals surface area contributed by atoms with Crippen molar-refractivity contribution in [2.24, 2.45) is 0 Å². The van der Waals surface area contributed by atoms with Gasteiger partial charge < -0.3 is 9.47 Å². The van der Waals surface area contributed by atoms with Crippen molar-refractivity contribution in [2.75, 3.05) is 14.1 Å². The van der Waals surface area contributed by atoms with Crippen LogP contribution in [0.2, 0.25) is 0 Å². The maximum atomic E-state index is 12.2. The van der Waals surface area contributed by atoms with Gasteiger partial charge in [-0.3, -0.25) is 14.9 Å². The van der Waals surface area contributed by atoms with E-state index in [0.717, 1.165) is 32.4 Å². The fraction of sp³-hybridized carbons (Fsp3) is 0.167. The molecule has 7 nitrogen and oxygen atoms in total. The van der Waals surface area contributed by atoms with Crippen LogP contribution in [0.3, 0.4) is 0 Å². The third-order valence-electron chi connectivity index (χ3n) is 4.91. The first kappa shape index (κ1) is 22.8. The van der Waals surface area contributed by atoms with Crippen molar-refractivity contribution < 1.29 is 9.72 Å². The van der Waals surface area contributed by atoms with Crippen LogP contribution in [0.5, 0.6) is 0 Å². The molecule has 0 saturated carbocycles. The summed E-state index contributed by atoms with van der Waals surface area (Å²) in [6.07, 6.45) is 1.62. The van der Waals surface area contributed by atoms with E-state index < -0.39 is 4.92 Å². The number of carbonyl (C=O) groups is 1. The molecule has 3 rings (SSSR count). The molecule has 1 heterocycles. The van der Waals surface area contributed by atoms with Gasteiger partial charge in [0.2, 0.25) is 0 Å². The molecule has 0 N–H and O–H groups in total. The quantitative estimate of drug-likeness (QED) is 0.226. The van der Waals surface area contributed by atoms with Gasteiger partial charge in [-0.1, -0.05) is 11.8 Å². The molecular weight excluding hydrogens is 424 g/mol. The number of nitrogens with zero attached hydrogens (tertiary/aromatic N) is 4. The minimum atomic E-state index is -0.412. The van der Waals surface area contributed by atoms with Gasteiger partial charge in [-0.15, -0.1) is 0 Å². The Hall–Kier alpha value is -3.83. The summed E-state index contributed by atoms with van der Waals surface area (Å²) < 4.78 is 2.07. The molecule has 0 spiro atoms. The molecule has 0 radical (unpaired) electrons. The van der Waals surface area contributed by atoms with Crippen LogP contribution in [0.25, 0.3) is 11.8 Å². The first-order valence-corrected chi connectivity index (χ1v) is 10.6. The molecule has 0 unspecified atom stereocenters. The summed E-state index contributed by atoms with van der Waals surface area (Å²) >= 11 is 1.52. The normalized spacial score (nSPS) is 11.2. The zero-order chi connectivity index (χ0) is 23.4. The highest BCUT2D eigenvalue weighted by atomic mass is 32.2. The van der Waals surface area contributed by atoms with Crippen LogP contribution in [0.1, 0.15) is 17.0 Å². The molecule has 0 bridgehead atoms. The van der Waals surface area contributed by atoms with E-state index in [1.54, 1.807) is 32.3 Å². The Morgan fingerprint density at radius 3 is 2.16 bits per heavy atom. The van der Waals surface area contributed by atoms with E-state index in [1.807, 2.05) is 50.2 Å². The van der Waals surface area contributed by atoms with E-state index in [9.17, 15) is 20.2 Å². The van der Waals surface area contributed by atoms with Gasteiger partial charge in [0.25, 0.3) is 11.6 Å². The van der Waals surface area contributed by atoms with Gasteiger partial charge in [-0.25, -0.2) is 0 Å². The van der Waals surface area contributed by atoms with Crippen molar-refractivity contribution in [2.45, 2.75) is 23.6 Å². The zero-order valence-electron chi connectivity index (χ0n) is 18.2. The van der Waals surface area contributed by atoms with Crippen molar-refractivity contribution >= 4 is 29.4 Å². The lowest BCUT2D eigenvalue weighted by atomic mass is 10.1. The van der Waals surface area contributed by atoms with Crippen LogP contribution in [0.15, 0.2) is 70.0 Å². The van der Waals surface area contributed by atoms with Crippen molar-refractivity contribution in [3.63, 3.8) is 0 Å². The second-order valence-electron chi connectivity index (χ2n) is 7.38. The Morgan fingerprint density at radius 2 is 1.66 bits per heavy atom. The number of nitro benzene ring substituents is 1. The van der Waals surface area contributed by atoms with Gasteiger partial charge in [-0.2, -0.15) is 5.26 Å². The number of nitriles is 1. The average Bonchev–Trinajstić information content (AvgIpc) is 3.05. The van der Waals surface area contributed by atoms with Crippen LogP contribution < -0.4 is 0 Å². The lowest BCUT2D eigenvalue weighted by Crippen LogP contribution is -2.22. The minimum absolute atomic E-state index is 0.0694. The molecule has 162 valence electrons. The summed E-state index contributed by atoms with van der Waals surface area (Å²) in [4.78, 5) is 25.9. The predicted octanol–water partition coefficient (Wildman–Crippen LogP) is 5.15. The Balaban J connectivity index is 1.85. The topological polar surface area (TPSA) is 92.2 Å². The van der Waals surface area contributed by atoms with E-state index in [4.69, 9.17) is 0 Å². The maximum absolute atomic E-state index is 12.2. The molecular formula is C24H22N4O3S. The van der Waals surface area contributed by atoms with Crippen molar-refractivity contribution in [3.8, 4) is 11.8 Å². The molecule has 0 aliphatic carbocycles. The summed E-state index contributed by atoms with van der Waals surface area (Å²) in [7, 11) is 3.24. The molecule has 3 aromatic rings. The van der Waals surface area contributed by atoms with Gasteiger partial charge in [0.15, 0.2) is 0 Å². The molecule has 0 fully saturated rings. The molecule has 0 aliphatic rings. The fourth-order valence-corrected chi connectivity index (χ4v) is 4.12. The Kier molecular flexibility index (Phi) is 6.81. The highest BCUT2D eigenvalue weighted by Crippen LogP contribution is 2.30. The number of non-ortho nitro benzene ring substituents is 1. The minimum Gasteiger partial charge on any atom is -0.344 e. The van der Waals surface area contributed by atoms with E-state index in [1.165, 1.54) is 28.8 Å². The molecule has 0 aliphatic heterocycles. The lowest BCUT2D eigenvalue weighted by molar-refractivity contribution is -0.384. The third kappa shape index (κ3) is 4.90. The molecule has 1 aromatic heterocycles. The van der Waals surface area contributed by atoms with E-state index in [0.29, 0.717) is 0 Å². The lowest BCUT2D eigenvalue weighted by Gasteiger charge is -2.11. The molecule has 8 heteroatoms. The smallest absolute Gasteiger partial charge is 0.269 e. The number of hydrogen-bond donors (Lipinski definition) is 0. The number of benzene rings is 2. The van der Waals surface area contributed by atoms with Crippen LogP contribution in [0.4, 0.5) is 5.69 Å². The van der Waals surface area contributed by atoms with Crippen molar-refractivity contribution in [3.05, 3.63) is 87.2 Å². The first-order chi connectivity index (χ1) is 15.2. The summed E-state index contributed by atoms with van der Waals surface area (Å²) in [6.45, 7) is 3.93. The average molecular weight is 447 g/mol. The van der Waals surface area contributed by atoms with E-state index in [-0.39, 0.29) is 17.2 Å². The van der Waals surface area contributed by atoms with E-state index >= 15 is 0 Å². The van der Waals surface area contributed by atoms with Gasteiger partial charge in [0.1, 0.15) is 11.6 Å². The SMILES string of the molecule is Cc1cc(/C=C(/C#N)C(=O)N(C)C)c(C)n1-c1ccc(Sc2ccc([N+](=O)[O-])cc2)cc1. The zero-order valence-corrected chi connectivity index (χ0v) is 19.0. The van der Waals surface area contributed by atoms with Crippen LogP contribution in [-0.2, 0) is 4.79 Å². The standard InChI is InChI=1S/C24H22N4O3S/c1-16-13-18(14-19(15-25)24(29)26(3)4)17(2)27(16)20-5-9-22(10-6-20)32-23-11-7-21(8-12-23)28(30)31/h5-14H,1-4H3/b19-14-. The monoisotopic (exact) mass is 446 g/mol. The number of rotatable bonds is 6. The number of nitro groups is 1. The van der Waals surface area contributed by atoms with E-state index in [2.05, 4.69) is 4.57 Å². The van der Waals surface area contributed by atoms with Crippen molar-refractivity contribution in [1.29, 1.82) is 5.26 Å². The Morgan fingerprint density at radius 1 is 1.09 bits per heavy atom. The second kappa shape index (κ2) is 9.54. The molecule has 0 saturated heterocycles. The number of aromatic nitrogens is 1. The third-order valence-corrected chi connectivity index (χ3v) is 5.92. The molecule has 2 aromatic carbocycles. The Labute approximate surface area is 190 Å². The van der Waals surface area contributed by atoms with Gasteiger partial charge in [0, 0.05) is 53.1 Å². The summed E-state index contributed by atoms with van der Waals surface area (Å²) in [5, 5.41) is 20.2. The number of carbonyl (C=O) groups excluding carboxylic acids is 1. The van der Waals surface area contributed by atoms with Crippen LogP contribution in [-0.4, -0.2) is 34.4 Å². The van der Waals surface area contributed by atoms with Gasteiger partial charge >= 0.3 is 0 Å². The van der Waals surface area contributed by atoms with Crippen molar-refractivity contribution in [1.82, 2.24) is 9.47 Å². The summed E-state index contributed by atoms with van der Waals surface area (Å²) in [5.41, 5.74) is 3.85. The number of likely N-dealkylation sites (N-methyl/N-ethyl adjacent to an activating group) is 1. The maximum Gasteiger partial charge on any atom is 0.269 e. The highest BCUT2D eigenvalue weighted by molar-refractivity contribution is 7.99. The molecule has 32 heavy (non-hydrogen) atoms. The van der Waals surface area contributed by atoms with Gasteiger partial charge in [-0.05, 0) is 68.0 Å². The molecule has 1 amide bonds. The van der Waals surface area contributed by atoms with Crippen LogP contribution in [0, 0.1) is 35.3 Å². The highest BCUT2D eigenvalue weighted by Gasteiger charge is 2.15. The fourth-order valence-electron chi connectivity index (χ4n) is 3.30. The first-order valence-electron chi connectivity index (χ1n) is 9.76. The number of amides is 1. The summed E-state index contributed by atoms with van der Waals surface area (Å²) in [5.74, 6) is -0.329. The largest absolute Gasteiger partial charge is 0.344 e. The second-order valence-corrected chi connectivity index (χ2v) is 8.53. The number of hydrogen-bond acceptors (Lipinski definition) is 5. The number of aryl methyl sites for hydroxylation is 1. The molecule has 0 atom stereocenters. The summed E-state index contributed by atoms with van der Waals surface area (Å²) in [6, 6.07) is 18.4. The predicted molar refractivity (Wildman–Crippen MR) is 125 cm³/mol. The Bertz CT molecular complexity index is 1230. The van der Waals surface area contributed by atoms with Gasteiger partial charge in [0.05, 0.1) is 4.92 Å². The van der Waals surface area contributed by atoms with Crippen LogP contribution >= 0.6 is 11.8 Å².